The summed E-state index contributed by atoms with van der Waals surface area (Å²) in [6.07, 6.45) is -2.37. The van der Waals surface area contributed by atoms with Crippen molar-refractivity contribution >= 4 is 20.9 Å². The zero-order chi connectivity index (χ0) is 21.9. The predicted molar refractivity (Wildman–Crippen MR) is 101 cm³/mol. The third-order valence-electron chi connectivity index (χ3n) is 5.30. The number of hydrogen-bond acceptors (Lipinski definition) is 6. The number of aromatic nitrogens is 4. The fourth-order valence-corrected chi connectivity index (χ4v) is 4.30. The number of alkyl halides is 3. The van der Waals surface area contributed by atoms with E-state index in [1.165, 1.54) is 23.6 Å². The molecule has 3 aromatic rings. The number of pyridine rings is 2. The van der Waals surface area contributed by atoms with Crippen LogP contribution < -0.4 is 0 Å². The van der Waals surface area contributed by atoms with E-state index in [4.69, 9.17) is 0 Å². The summed E-state index contributed by atoms with van der Waals surface area (Å²) in [5.74, 6) is -0.0949. The maximum atomic E-state index is 13.0. The first kappa shape index (κ1) is 20.3. The summed E-state index contributed by atoms with van der Waals surface area (Å²) in [5, 5.41) is 9.48. The highest BCUT2D eigenvalue weighted by molar-refractivity contribution is 7.91. The van der Waals surface area contributed by atoms with Gasteiger partial charge in [0.25, 0.3) is 0 Å². The smallest absolute Gasteiger partial charge is 0.324 e. The van der Waals surface area contributed by atoms with Crippen LogP contribution in [0.25, 0.3) is 22.6 Å². The zero-order valence-corrected chi connectivity index (χ0v) is 16.8. The van der Waals surface area contributed by atoms with Crippen molar-refractivity contribution < 1.29 is 21.6 Å². The van der Waals surface area contributed by atoms with E-state index >= 15 is 0 Å². The van der Waals surface area contributed by atoms with E-state index in [1.807, 2.05) is 0 Å². The number of nitriles is 1. The van der Waals surface area contributed by atoms with Crippen molar-refractivity contribution in [3.05, 3.63) is 35.8 Å². The molecule has 3 aromatic heterocycles. The number of sulfone groups is 1. The van der Waals surface area contributed by atoms with Gasteiger partial charge in [-0.3, -0.25) is 0 Å². The zero-order valence-electron chi connectivity index (χ0n) is 16.0. The molecule has 1 aliphatic carbocycles. The van der Waals surface area contributed by atoms with E-state index in [1.54, 1.807) is 7.05 Å². The summed E-state index contributed by atoms with van der Waals surface area (Å²) >= 11 is 0. The van der Waals surface area contributed by atoms with Crippen LogP contribution in [0.3, 0.4) is 0 Å². The van der Waals surface area contributed by atoms with Gasteiger partial charge in [0.2, 0.25) is 0 Å². The number of halogens is 3. The van der Waals surface area contributed by atoms with Gasteiger partial charge in [0, 0.05) is 7.05 Å². The SMILES string of the molecule is CCS(=O)(=O)c1ccc(C2(C#N)CC2)nc1-c1nc2cc(C(F)(F)F)ncc2n1C. The average molecular weight is 435 g/mol. The third kappa shape index (κ3) is 3.11. The monoisotopic (exact) mass is 435 g/mol. The molecule has 3 heterocycles. The van der Waals surface area contributed by atoms with Crippen molar-refractivity contribution in [3.63, 3.8) is 0 Å². The predicted octanol–water partition coefficient (Wildman–Crippen LogP) is 3.40. The van der Waals surface area contributed by atoms with Crippen LogP contribution in [0.1, 0.15) is 31.2 Å². The quantitative estimate of drug-likeness (QED) is 0.623. The van der Waals surface area contributed by atoms with Crippen LogP contribution in [0, 0.1) is 11.3 Å². The molecule has 4 rings (SSSR count). The Labute approximate surface area is 170 Å². The molecule has 1 fully saturated rings. The molecular formula is C19H16F3N5O2S. The maximum absolute atomic E-state index is 13.0. The Morgan fingerprint density at radius 1 is 1.27 bits per heavy atom. The van der Waals surface area contributed by atoms with Gasteiger partial charge >= 0.3 is 6.18 Å². The molecule has 11 heteroatoms. The number of imidazole rings is 1. The molecule has 0 radical (unpaired) electrons. The Morgan fingerprint density at radius 2 is 1.97 bits per heavy atom. The van der Waals surface area contributed by atoms with Crippen LogP contribution in [0.4, 0.5) is 13.2 Å². The molecular weight excluding hydrogens is 419 g/mol. The Morgan fingerprint density at radius 3 is 2.53 bits per heavy atom. The van der Waals surface area contributed by atoms with Crippen molar-refractivity contribution in [2.75, 3.05) is 5.75 Å². The van der Waals surface area contributed by atoms with E-state index in [0.717, 1.165) is 12.3 Å². The lowest BCUT2D eigenvalue weighted by Gasteiger charge is -2.13. The molecule has 0 atom stereocenters. The average Bonchev–Trinajstić information content (AvgIpc) is 3.45. The van der Waals surface area contributed by atoms with Crippen LogP contribution in [0.5, 0.6) is 0 Å². The molecule has 0 spiro atoms. The minimum absolute atomic E-state index is 0.0168. The number of nitrogens with zero attached hydrogens (tertiary/aromatic N) is 5. The van der Waals surface area contributed by atoms with Crippen LogP contribution in [0.15, 0.2) is 29.3 Å². The lowest BCUT2D eigenvalue weighted by atomic mass is 10.0. The van der Waals surface area contributed by atoms with Crippen molar-refractivity contribution in [2.24, 2.45) is 7.05 Å². The minimum atomic E-state index is -4.63. The second-order valence-electron chi connectivity index (χ2n) is 7.19. The number of hydrogen-bond donors (Lipinski definition) is 0. The van der Waals surface area contributed by atoms with Crippen LogP contribution in [0.2, 0.25) is 0 Å². The molecule has 0 aliphatic heterocycles. The molecule has 1 saturated carbocycles. The Bertz CT molecular complexity index is 1320. The van der Waals surface area contributed by atoms with E-state index in [2.05, 4.69) is 21.0 Å². The summed E-state index contributed by atoms with van der Waals surface area (Å²) in [6, 6.07) is 5.94. The first-order valence-corrected chi connectivity index (χ1v) is 10.7. The topological polar surface area (TPSA) is 102 Å². The molecule has 0 unspecified atom stereocenters. The number of aryl methyl sites for hydroxylation is 1. The van der Waals surface area contributed by atoms with E-state index in [0.29, 0.717) is 24.1 Å². The largest absolute Gasteiger partial charge is 0.433 e. The molecule has 0 amide bonds. The second kappa shape index (κ2) is 6.50. The third-order valence-corrected chi connectivity index (χ3v) is 7.06. The Kier molecular flexibility index (Phi) is 4.39. The molecule has 30 heavy (non-hydrogen) atoms. The van der Waals surface area contributed by atoms with E-state index < -0.39 is 27.1 Å². The highest BCUT2D eigenvalue weighted by atomic mass is 32.2. The fraction of sp³-hybridized carbons (Fsp3) is 0.368. The highest BCUT2D eigenvalue weighted by Gasteiger charge is 2.47. The van der Waals surface area contributed by atoms with Gasteiger partial charge in [0.1, 0.15) is 11.4 Å². The summed E-state index contributed by atoms with van der Waals surface area (Å²) in [5.41, 5.74) is -1.10. The van der Waals surface area contributed by atoms with Gasteiger partial charge in [-0.25, -0.2) is 23.4 Å². The van der Waals surface area contributed by atoms with E-state index in [9.17, 15) is 26.9 Å². The summed E-state index contributed by atoms with van der Waals surface area (Å²) in [4.78, 5) is 12.1. The van der Waals surface area contributed by atoms with Crippen molar-refractivity contribution in [2.45, 2.75) is 36.3 Å². The molecule has 0 saturated heterocycles. The lowest BCUT2D eigenvalue weighted by molar-refractivity contribution is -0.141. The van der Waals surface area contributed by atoms with Crippen molar-refractivity contribution in [3.8, 4) is 17.6 Å². The molecule has 0 bridgehead atoms. The van der Waals surface area contributed by atoms with Crippen LogP contribution in [-0.4, -0.2) is 33.7 Å². The summed E-state index contributed by atoms with van der Waals surface area (Å²) in [6.45, 7) is 1.49. The van der Waals surface area contributed by atoms with Crippen LogP contribution in [-0.2, 0) is 28.5 Å². The second-order valence-corrected chi connectivity index (χ2v) is 9.44. The Hall–Kier alpha value is -3.00. The van der Waals surface area contributed by atoms with Gasteiger partial charge < -0.3 is 4.57 Å². The van der Waals surface area contributed by atoms with Gasteiger partial charge in [0.05, 0.1) is 45.1 Å². The van der Waals surface area contributed by atoms with Crippen molar-refractivity contribution in [1.29, 1.82) is 5.26 Å². The molecule has 156 valence electrons. The van der Waals surface area contributed by atoms with Gasteiger partial charge in [-0.15, -0.1) is 0 Å². The summed E-state index contributed by atoms with van der Waals surface area (Å²) < 4.78 is 65.8. The standard InChI is InChI=1S/C19H16F3N5O2S/c1-3-30(28,29)13-4-5-14(18(10-23)6-7-18)26-16(13)17-25-11-8-15(19(20,21)22)24-9-12(11)27(17)2/h4-5,8-9H,3,6-7H2,1-2H3. The van der Waals surface area contributed by atoms with Crippen LogP contribution >= 0.6 is 0 Å². The van der Waals surface area contributed by atoms with E-state index in [-0.39, 0.29) is 27.7 Å². The fourth-order valence-electron chi connectivity index (χ4n) is 3.29. The highest BCUT2D eigenvalue weighted by Crippen LogP contribution is 2.47. The molecule has 7 nitrogen and oxygen atoms in total. The molecule has 0 N–H and O–H groups in total. The summed E-state index contributed by atoms with van der Waals surface area (Å²) in [7, 11) is -2.16. The first-order valence-electron chi connectivity index (χ1n) is 9.08. The van der Waals surface area contributed by atoms with Gasteiger partial charge in [-0.1, -0.05) is 6.92 Å². The first-order chi connectivity index (χ1) is 14.0. The normalized spacial score (nSPS) is 15.9. The minimum Gasteiger partial charge on any atom is -0.324 e. The lowest BCUT2D eigenvalue weighted by Crippen LogP contribution is -2.13. The van der Waals surface area contributed by atoms with Gasteiger partial charge in [-0.05, 0) is 31.0 Å². The number of fused-ring (bicyclic) bond motifs is 1. The van der Waals surface area contributed by atoms with Crippen molar-refractivity contribution in [1.82, 2.24) is 19.5 Å². The molecule has 1 aliphatic rings. The maximum Gasteiger partial charge on any atom is 0.433 e. The van der Waals surface area contributed by atoms with Gasteiger partial charge in [-0.2, -0.15) is 18.4 Å². The number of rotatable bonds is 4. The molecule has 0 aromatic carbocycles. The Balaban J connectivity index is 1.98. The van der Waals surface area contributed by atoms with Gasteiger partial charge in [0.15, 0.2) is 15.7 Å².